The van der Waals surface area contributed by atoms with Crippen LogP contribution in [0.2, 0.25) is 0 Å². The van der Waals surface area contributed by atoms with Gasteiger partial charge in [-0.25, -0.2) is 13.1 Å². The lowest BCUT2D eigenvalue weighted by molar-refractivity contribution is -0.136. The SMILES string of the molecule is O=S(NCc1cccnc1)c1cn(S(=O)c2ccccc2)c2cccc(C(F)(F)F)c12. The monoisotopic (exact) mass is 463 g/mol. The van der Waals surface area contributed by atoms with Crippen LogP contribution in [0.25, 0.3) is 10.9 Å². The Labute approximate surface area is 181 Å². The molecule has 2 aromatic heterocycles. The van der Waals surface area contributed by atoms with Crippen molar-refractivity contribution in [2.75, 3.05) is 0 Å². The molecule has 0 aliphatic carbocycles. The number of nitrogens with one attached hydrogen (secondary N) is 1. The fourth-order valence-corrected chi connectivity index (χ4v) is 5.39. The van der Waals surface area contributed by atoms with Crippen molar-refractivity contribution in [1.82, 2.24) is 13.7 Å². The van der Waals surface area contributed by atoms with E-state index in [-0.39, 0.29) is 22.3 Å². The van der Waals surface area contributed by atoms with Crippen LogP contribution in [-0.4, -0.2) is 17.4 Å². The molecule has 0 radical (unpaired) electrons. The van der Waals surface area contributed by atoms with Crippen molar-refractivity contribution >= 4 is 32.9 Å². The van der Waals surface area contributed by atoms with Crippen LogP contribution < -0.4 is 4.72 Å². The molecular weight excluding hydrogens is 447 g/mol. The molecule has 31 heavy (non-hydrogen) atoms. The van der Waals surface area contributed by atoms with E-state index in [1.165, 1.54) is 22.3 Å². The first-order valence-electron chi connectivity index (χ1n) is 9.09. The van der Waals surface area contributed by atoms with Gasteiger partial charge in [-0.3, -0.25) is 8.96 Å². The molecule has 0 amide bonds. The average Bonchev–Trinajstić information content (AvgIpc) is 3.17. The number of hydrogen-bond donors (Lipinski definition) is 1. The Bertz CT molecular complexity index is 1260. The molecule has 1 N–H and O–H groups in total. The Balaban J connectivity index is 1.82. The van der Waals surface area contributed by atoms with Gasteiger partial charge >= 0.3 is 6.18 Å². The number of hydrogen-bond acceptors (Lipinski definition) is 3. The molecule has 2 atom stereocenters. The van der Waals surface area contributed by atoms with E-state index in [9.17, 15) is 21.6 Å². The van der Waals surface area contributed by atoms with E-state index in [1.54, 1.807) is 54.9 Å². The molecule has 5 nitrogen and oxygen atoms in total. The second-order valence-electron chi connectivity index (χ2n) is 6.53. The predicted molar refractivity (Wildman–Crippen MR) is 113 cm³/mol. The van der Waals surface area contributed by atoms with Gasteiger partial charge in [0.2, 0.25) is 0 Å². The molecular formula is C21H16F3N3O2S2. The van der Waals surface area contributed by atoms with Gasteiger partial charge in [0, 0.05) is 30.5 Å². The first-order valence-corrected chi connectivity index (χ1v) is 11.3. The Kier molecular flexibility index (Phi) is 6.03. The highest BCUT2D eigenvalue weighted by Crippen LogP contribution is 2.38. The quantitative estimate of drug-likeness (QED) is 0.460. The maximum Gasteiger partial charge on any atom is 0.417 e. The minimum absolute atomic E-state index is 0.0866. The van der Waals surface area contributed by atoms with Crippen molar-refractivity contribution in [3.63, 3.8) is 0 Å². The summed E-state index contributed by atoms with van der Waals surface area (Å²) in [5.74, 6) is 0. The van der Waals surface area contributed by atoms with Crippen LogP contribution in [0.5, 0.6) is 0 Å². The van der Waals surface area contributed by atoms with E-state index in [2.05, 4.69) is 9.71 Å². The molecule has 0 bridgehead atoms. The predicted octanol–water partition coefficient (Wildman–Crippen LogP) is 4.44. The molecule has 2 heterocycles. The van der Waals surface area contributed by atoms with Crippen LogP contribution in [0.15, 0.2) is 89.0 Å². The summed E-state index contributed by atoms with van der Waals surface area (Å²) in [7, 11) is -3.80. The number of nitrogens with zero attached hydrogens (tertiary/aromatic N) is 2. The molecule has 0 fully saturated rings. The van der Waals surface area contributed by atoms with Gasteiger partial charge in [0.05, 0.1) is 20.9 Å². The van der Waals surface area contributed by atoms with Gasteiger partial charge < -0.3 is 0 Å². The van der Waals surface area contributed by atoms with Crippen LogP contribution in [0.1, 0.15) is 11.1 Å². The summed E-state index contributed by atoms with van der Waals surface area (Å²) in [5, 5.41) is -0.240. The van der Waals surface area contributed by atoms with Gasteiger partial charge in [-0.15, -0.1) is 0 Å². The third-order valence-corrected chi connectivity index (χ3v) is 6.97. The number of aromatic nitrogens is 2. The summed E-state index contributed by atoms with van der Waals surface area (Å²) in [6.07, 6.45) is -0.251. The topological polar surface area (TPSA) is 64.0 Å². The van der Waals surface area contributed by atoms with Gasteiger partial charge in [-0.1, -0.05) is 30.3 Å². The molecule has 0 saturated heterocycles. The molecule has 4 aromatic rings. The lowest BCUT2D eigenvalue weighted by atomic mass is 10.1. The number of pyridine rings is 1. The zero-order valence-corrected chi connectivity index (χ0v) is 17.5. The Hall–Kier alpha value is -2.82. The highest BCUT2D eigenvalue weighted by molar-refractivity contribution is 7.84. The summed E-state index contributed by atoms with van der Waals surface area (Å²) in [6.45, 7) is 0.142. The van der Waals surface area contributed by atoms with Crippen molar-refractivity contribution < 1.29 is 21.6 Å². The molecule has 0 saturated carbocycles. The molecule has 0 spiro atoms. The summed E-state index contributed by atoms with van der Waals surface area (Å²) in [5.41, 5.74) is -0.118. The summed E-state index contributed by atoms with van der Waals surface area (Å²) < 4.78 is 71.2. The van der Waals surface area contributed by atoms with Crippen molar-refractivity contribution in [3.05, 3.63) is 90.4 Å². The second-order valence-corrected chi connectivity index (χ2v) is 9.16. The van der Waals surface area contributed by atoms with E-state index in [1.807, 2.05) is 0 Å². The lowest BCUT2D eigenvalue weighted by Crippen LogP contribution is -2.17. The molecule has 0 aliphatic heterocycles. The molecule has 0 aliphatic rings. The van der Waals surface area contributed by atoms with Crippen molar-refractivity contribution in [3.8, 4) is 0 Å². The Morgan fingerprint density at radius 1 is 0.968 bits per heavy atom. The van der Waals surface area contributed by atoms with E-state index < -0.39 is 33.7 Å². The van der Waals surface area contributed by atoms with Crippen molar-refractivity contribution in [2.24, 2.45) is 0 Å². The van der Waals surface area contributed by atoms with Gasteiger partial charge in [0.1, 0.15) is 11.0 Å². The number of alkyl halides is 3. The molecule has 2 aromatic carbocycles. The largest absolute Gasteiger partial charge is 0.417 e. The van der Waals surface area contributed by atoms with E-state index >= 15 is 0 Å². The van der Waals surface area contributed by atoms with Crippen LogP contribution in [0.3, 0.4) is 0 Å². The normalized spacial score (nSPS) is 13.9. The first-order chi connectivity index (χ1) is 14.9. The maximum absolute atomic E-state index is 13.7. The Morgan fingerprint density at radius 2 is 1.74 bits per heavy atom. The molecule has 160 valence electrons. The van der Waals surface area contributed by atoms with E-state index in [0.717, 1.165) is 11.6 Å². The van der Waals surface area contributed by atoms with Gasteiger partial charge in [0.15, 0.2) is 11.0 Å². The van der Waals surface area contributed by atoms with E-state index in [0.29, 0.717) is 4.90 Å². The third-order valence-electron chi connectivity index (χ3n) is 4.52. The van der Waals surface area contributed by atoms with Gasteiger partial charge in [-0.2, -0.15) is 13.2 Å². The van der Waals surface area contributed by atoms with Gasteiger partial charge in [-0.05, 0) is 35.9 Å². The highest BCUT2D eigenvalue weighted by atomic mass is 32.2. The van der Waals surface area contributed by atoms with Crippen molar-refractivity contribution in [2.45, 2.75) is 22.5 Å². The summed E-state index contributed by atoms with van der Waals surface area (Å²) in [4.78, 5) is 4.29. The van der Waals surface area contributed by atoms with Crippen molar-refractivity contribution in [1.29, 1.82) is 0 Å². The third kappa shape index (κ3) is 4.46. The fourth-order valence-electron chi connectivity index (χ4n) is 3.12. The second kappa shape index (κ2) is 8.74. The number of fused-ring (bicyclic) bond motifs is 1. The summed E-state index contributed by atoms with van der Waals surface area (Å²) >= 11 is 0. The smallest absolute Gasteiger partial charge is 0.264 e. The number of rotatable bonds is 6. The fraction of sp³-hybridized carbons (Fsp3) is 0.0952. The van der Waals surface area contributed by atoms with Crippen LogP contribution in [0.4, 0.5) is 13.2 Å². The minimum atomic E-state index is -4.66. The summed E-state index contributed by atoms with van der Waals surface area (Å²) in [6, 6.07) is 15.4. The van der Waals surface area contributed by atoms with Gasteiger partial charge in [0.25, 0.3) is 0 Å². The average molecular weight is 464 g/mol. The molecule has 2 unspecified atom stereocenters. The van der Waals surface area contributed by atoms with Crippen LogP contribution >= 0.6 is 0 Å². The standard InChI is InChI=1S/C21H16F3N3O2S2/c22-21(23,24)17-9-4-10-18-20(17)19(30(28)26-13-15-6-5-11-25-12-15)14-27(18)31(29)16-7-2-1-3-8-16/h1-12,14,26H,13H2. The number of benzene rings is 2. The Morgan fingerprint density at radius 3 is 2.42 bits per heavy atom. The van der Waals surface area contributed by atoms with Crippen LogP contribution in [-0.2, 0) is 34.7 Å². The maximum atomic E-state index is 13.7. The molecule has 10 heteroatoms. The lowest BCUT2D eigenvalue weighted by Gasteiger charge is -2.10. The minimum Gasteiger partial charge on any atom is -0.264 e. The zero-order valence-electron chi connectivity index (χ0n) is 15.9. The molecule has 4 rings (SSSR count). The number of halogens is 3. The van der Waals surface area contributed by atoms with E-state index in [4.69, 9.17) is 0 Å². The highest BCUT2D eigenvalue weighted by Gasteiger charge is 2.35. The first kappa shape index (κ1) is 21.4. The van der Waals surface area contributed by atoms with Crippen LogP contribution in [0, 0.1) is 0 Å². The zero-order chi connectivity index (χ0) is 22.0.